The van der Waals surface area contributed by atoms with Gasteiger partial charge < -0.3 is 10.1 Å². The minimum absolute atomic E-state index is 0.444. The highest BCUT2D eigenvalue weighted by Crippen LogP contribution is 2.35. The summed E-state index contributed by atoms with van der Waals surface area (Å²) in [5.74, 6) is 0. The fourth-order valence-corrected chi connectivity index (χ4v) is 4.30. The van der Waals surface area contributed by atoms with Gasteiger partial charge in [-0.15, -0.1) is 0 Å². The molecule has 1 fully saturated rings. The molecule has 0 saturated carbocycles. The van der Waals surface area contributed by atoms with E-state index in [1.807, 2.05) is 0 Å². The van der Waals surface area contributed by atoms with Gasteiger partial charge in [-0.05, 0) is 31.9 Å². The highest BCUT2D eigenvalue weighted by atomic mass is 32.2. The van der Waals surface area contributed by atoms with Crippen molar-refractivity contribution in [1.82, 2.24) is 5.32 Å². The van der Waals surface area contributed by atoms with Crippen LogP contribution in [0.1, 0.15) is 37.8 Å². The van der Waals surface area contributed by atoms with Crippen LogP contribution in [0, 0.1) is 0 Å². The van der Waals surface area contributed by atoms with E-state index in [4.69, 9.17) is 4.74 Å². The van der Waals surface area contributed by atoms with E-state index >= 15 is 0 Å². The Balaban J connectivity index is 2.01. The lowest BCUT2D eigenvalue weighted by molar-refractivity contribution is 0.0999. The maximum Gasteiger partial charge on any atom is 0.0476 e. The molecule has 1 heterocycles. The van der Waals surface area contributed by atoms with Crippen LogP contribution in [0.3, 0.4) is 0 Å². The molecule has 1 aliphatic heterocycles. The van der Waals surface area contributed by atoms with Gasteiger partial charge >= 0.3 is 0 Å². The van der Waals surface area contributed by atoms with E-state index in [-0.39, 0.29) is 0 Å². The summed E-state index contributed by atoms with van der Waals surface area (Å²) in [5.41, 5.74) is 1.40. The van der Waals surface area contributed by atoms with Crippen molar-refractivity contribution < 1.29 is 4.74 Å². The third-order valence-electron chi connectivity index (χ3n) is 3.78. The van der Waals surface area contributed by atoms with Crippen molar-refractivity contribution in [2.24, 2.45) is 0 Å². The molecule has 0 amide bonds. The zero-order chi connectivity index (χ0) is 13.5. The van der Waals surface area contributed by atoms with Crippen molar-refractivity contribution in [3.63, 3.8) is 0 Å². The van der Waals surface area contributed by atoms with Crippen LogP contribution in [-0.2, 0) is 4.74 Å². The smallest absolute Gasteiger partial charge is 0.0476 e. The molecule has 3 heteroatoms. The zero-order valence-electron chi connectivity index (χ0n) is 12.0. The Morgan fingerprint density at radius 1 is 1.26 bits per heavy atom. The van der Waals surface area contributed by atoms with Gasteiger partial charge in [0.25, 0.3) is 0 Å². The highest BCUT2D eigenvalue weighted by molar-refractivity contribution is 8.00. The van der Waals surface area contributed by atoms with Gasteiger partial charge in [0, 0.05) is 29.8 Å². The molecule has 1 aliphatic rings. The third-order valence-corrected chi connectivity index (χ3v) is 5.59. The molecule has 0 radical (unpaired) electrons. The van der Waals surface area contributed by atoms with Crippen LogP contribution >= 0.6 is 11.8 Å². The van der Waals surface area contributed by atoms with E-state index in [0.29, 0.717) is 11.3 Å². The number of rotatable bonds is 6. The van der Waals surface area contributed by atoms with Crippen molar-refractivity contribution in [1.29, 1.82) is 0 Å². The first kappa shape index (κ1) is 14.9. The molecule has 2 unspecified atom stereocenters. The predicted molar refractivity (Wildman–Crippen MR) is 83.8 cm³/mol. The van der Waals surface area contributed by atoms with Crippen molar-refractivity contribution in [2.45, 2.75) is 42.7 Å². The van der Waals surface area contributed by atoms with Gasteiger partial charge in [-0.2, -0.15) is 11.8 Å². The fourth-order valence-electron chi connectivity index (χ4n) is 2.70. The van der Waals surface area contributed by atoms with Crippen LogP contribution in [0.2, 0.25) is 0 Å². The molecular weight excluding hydrogens is 254 g/mol. The molecule has 1 saturated heterocycles. The topological polar surface area (TPSA) is 21.3 Å². The van der Waals surface area contributed by atoms with E-state index in [1.165, 1.54) is 24.8 Å². The molecule has 0 aliphatic carbocycles. The first-order chi connectivity index (χ1) is 9.35. The first-order valence-electron chi connectivity index (χ1n) is 7.30. The Hall–Kier alpha value is -0.510. The molecule has 0 bridgehead atoms. The molecule has 106 valence electrons. The molecule has 0 spiro atoms. The minimum Gasteiger partial charge on any atom is -0.381 e. The lowest BCUT2D eigenvalue weighted by Crippen LogP contribution is -2.30. The van der Waals surface area contributed by atoms with Crippen molar-refractivity contribution in [3.8, 4) is 0 Å². The summed E-state index contributed by atoms with van der Waals surface area (Å²) >= 11 is 2.15. The van der Waals surface area contributed by atoms with Gasteiger partial charge in [-0.25, -0.2) is 0 Å². The summed E-state index contributed by atoms with van der Waals surface area (Å²) in [4.78, 5) is 0. The molecule has 1 N–H and O–H groups in total. The largest absolute Gasteiger partial charge is 0.381 e. The Morgan fingerprint density at radius 2 is 1.95 bits per heavy atom. The summed E-state index contributed by atoms with van der Waals surface area (Å²) in [6, 6.07) is 11.3. The standard InChI is InChI=1S/C16H25NOS/c1-3-15(19-14-9-11-18-12-10-14)16(17-2)13-7-5-4-6-8-13/h4-8,14-17H,3,9-12H2,1-2H3. The van der Waals surface area contributed by atoms with Crippen LogP contribution in [0.15, 0.2) is 30.3 Å². The Labute approximate surface area is 121 Å². The van der Waals surface area contributed by atoms with E-state index in [1.54, 1.807) is 0 Å². The summed E-state index contributed by atoms with van der Waals surface area (Å²) in [6.45, 7) is 4.16. The van der Waals surface area contributed by atoms with Crippen LogP contribution in [-0.4, -0.2) is 30.8 Å². The maximum absolute atomic E-state index is 5.46. The molecule has 19 heavy (non-hydrogen) atoms. The molecule has 2 rings (SSSR count). The van der Waals surface area contributed by atoms with E-state index < -0.39 is 0 Å². The summed E-state index contributed by atoms with van der Waals surface area (Å²) in [6.07, 6.45) is 3.60. The van der Waals surface area contributed by atoms with Crippen molar-refractivity contribution >= 4 is 11.8 Å². The molecule has 2 nitrogen and oxygen atoms in total. The normalized spacial score (nSPS) is 20.1. The number of hydrogen-bond donors (Lipinski definition) is 1. The number of hydrogen-bond acceptors (Lipinski definition) is 3. The van der Waals surface area contributed by atoms with Crippen molar-refractivity contribution in [3.05, 3.63) is 35.9 Å². The van der Waals surface area contributed by atoms with Crippen molar-refractivity contribution in [2.75, 3.05) is 20.3 Å². The lowest BCUT2D eigenvalue weighted by Gasteiger charge is -2.31. The first-order valence-corrected chi connectivity index (χ1v) is 8.24. The predicted octanol–water partition coefficient (Wildman–Crippen LogP) is 3.64. The van der Waals surface area contributed by atoms with E-state index in [9.17, 15) is 0 Å². The van der Waals surface area contributed by atoms with Gasteiger partial charge in [-0.1, -0.05) is 37.3 Å². The van der Waals surface area contributed by atoms with Gasteiger partial charge in [0.15, 0.2) is 0 Å². The average molecular weight is 279 g/mol. The van der Waals surface area contributed by atoms with Crippen LogP contribution in [0.5, 0.6) is 0 Å². The Bertz CT molecular complexity index is 351. The van der Waals surface area contributed by atoms with Gasteiger partial charge in [0.2, 0.25) is 0 Å². The molecule has 1 aromatic rings. The Kier molecular flexibility index (Phi) is 6.21. The molecule has 0 aromatic heterocycles. The zero-order valence-corrected chi connectivity index (χ0v) is 12.8. The average Bonchev–Trinajstić information content (AvgIpc) is 2.49. The fraction of sp³-hybridized carbons (Fsp3) is 0.625. The molecular formula is C16H25NOS. The quantitative estimate of drug-likeness (QED) is 0.859. The van der Waals surface area contributed by atoms with Gasteiger partial charge in [0.1, 0.15) is 0 Å². The number of benzene rings is 1. The maximum atomic E-state index is 5.46. The van der Waals surface area contributed by atoms with E-state index in [0.717, 1.165) is 18.5 Å². The summed E-state index contributed by atoms with van der Waals surface area (Å²) < 4.78 is 5.46. The SMILES string of the molecule is CCC(SC1CCOCC1)C(NC)c1ccccc1. The summed E-state index contributed by atoms with van der Waals surface area (Å²) in [5, 5.41) is 4.90. The summed E-state index contributed by atoms with van der Waals surface area (Å²) in [7, 11) is 2.07. The lowest BCUT2D eigenvalue weighted by atomic mass is 10.0. The second-order valence-corrected chi connectivity index (χ2v) is 6.62. The third kappa shape index (κ3) is 4.23. The second kappa shape index (κ2) is 7.93. The Morgan fingerprint density at radius 3 is 2.53 bits per heavy atom. The molecule has 1 aromatic carbocycles. The van der Waals surface area contributed by atoms with Crippen LogP contribution < -0.4 is 5.32 Å². The second-order valence-electron chi connectivity index (χ2n) is 5.07. The number of thioether (sulfide) groups is 1. The molecule has 2 atom stereocenters. The minimum atomic E-state index is 0.444. The highest BCUT2D eigenvalue weighted by Gasteiger charge is 2.25. The number of nitrogens with one attached hydrogen (secondary N) is 1. The van der Waals surface area contributed by atoms with Crippen LogP contribution in [0.4, 0.5) is 0 Å². The van der Waals surface area contributed by atoms with Gasteiger partial charge in [0.05, 0.1) is 0 Å². The van der Waals surface area contributed by atoms with Gasteiger partial charge in [-0.3, -0.25) is 0 Å². The monoisotopic (exact) mass is 279 g/mol. The number of ether oxygens (including phenoxy) is 1. The van der Waals surface area contributed by atoms with Crippen LogP contribution in [0.25, 0.3) is 0 Å². The van der Waals surface area contributed by atoms with E-state index in [2.05, 4.69) is 61.4 Å².